The highest BCUT2D eigenvalue weighted by Crippen LogP contribution is 2.29. The van der Waals surface area contributed by atoms with E-state index in [2.05, 4.69) is 10.6 Å². The summed E-state index contributed by atoms with van der Waals surface area (Å²) < 4.78 is 36.2. The number of hydrogen-bond donors (Lipinski definition) is 2. The van der Waals surface area contributed by atoms with Crippen molar-refractivity contribution >= 4 is 56.4 Å². The first-order valence-corrected chi connectivity index (χ1v) is 13.9. The molecule has 0 heterocycles. The first-order valence-electron chi connectivity index (χ1n) is 11.3. The summed E-state index contributed by atoms with van der Waals surface area (Å²) >= 11 is 12.0. The van der Waals surface area contributed by atoms with Crippen molar-refractivity contribution in [1.29, 1.82) is 0 Å². The second-order valence-electron chi connectivity index (χ2n) is 8.16. The third-order valence-electron chi connectivity index (χ3n) is 5.47. The van der Waals surface area contributed by atoms with Gasteiger partial charge in [0.25, 0.3) is 5.91 Å². The van der Waals surface area contributed by atoms with Crippen molar-refractivity contribution in [3.8, 4) is 11.5 Å². The number of nitrogens with zero attached hydrogens (tertiary/aromatic N) is 1. The Morgan fingerprint density at radius 3 is 2.29 bits per heavy atom. The van der Waals surface area contributed by atoms with Crippen LogP contribution in [0, 0.1) is 0 Å². The van der Waals surface area contributed by atoms with E-state index in [9.17, 15) is 18.0 Å². The highest BCUT2D eigenvalue weighted by atomic mass is 35.5. The number of para-hydroxylation sites is 1. The monoisotopic (exact) mass is 579 g/mol. The molecule has 0 radical (unpaired) electrons. The summed E-state index contributed by atoms with van der Waals surface area (Å²) in [6, 6.07) is 16.2. The molecular weight excluding hydrogens is 553 g/mol. The molecule has 202 valence electrons. The molecule has 0 unspecified atom stereocenters. The molecule has 3 rings (SSSR count). The normalized spacial score (nSPS) is 11.0. The lowest BCUT2D eigenvalue weighted by Crippen LogP contribution is -2.37. The Morgan fingerprint density at radius 2 is 1.63 bits per heavy atom. The molecule has 0 fully saturated rings. The Balaban J connectivity index is 1.68. The number of halogens is 2. The van der Waals surface area contributed by atoms with E-state index in [1.165, 1.54) is 18.2 Å². The molecule has 12 heteroatoms. The van der Waals surface area contributed by atoms with Gasteiger partial charge >= 0.3 is 0 Å². The van der Waals surface area contributed by atoms with Crippen LogP contribution in [0.15, 0.2) is 60.7 Å². The predicted octanol–water partition coefficient (Wildman–Crippen LogP) is 4.39. The van der Waals surface area contributed by atoms with E-state index in [1.54, 1.807) is 44.6 Å². The molecular formula is C26H27Cl2N3O6S. The third-order valence-corrected chi connectivity index (χ3v) is 7.35. The number of ether oxygens (including phenoxy) is 2. The number of carbonyl (C=O) groups excluding carboxylic acids is 2. The van der Waals surface area contributed by atoms with Gasteiger partial charge in [-0.2, -0.15) is 0 Å². The van der Waals surface area contributed by atoms with Crippen LogP contribution < -0.4 is 24.4 Å². The van der Waals surface area contributed by atoms with Crippen molar-refractivity contribution in [1.82, 2.24) is 5.32 Å². The quantitative estimate of drug-likeness (QED) is 0.348. The van der Waals surface area contributed by atoms with E-state index in [1.807, 2.05) is 12.1 Å². The van der Waals surface area contributed by atoms with Gasteiger partial charge in [-0.05, 0) is 54.4 Å². The minimum atomic E-state index is -3.83. The van der Waals surface area contributed by atoms with Crippen LogP contribution in [0.3, 0.4) is 0 Å². The van der Waals surface area contributed by atoms with Gasteiger partial charge in [-0.15, -0.1) is 0 Å². The molecule has 0 aliphatic rings. The maximum Gasteiger partial charge on any atom is 0.253 e. The van der Waals surface area contributed by atoms with Crippen molar-refractivity contribution in [2.75, 3.05) is 43.2 Å². The van der Waals surface area contributed by atoms with Crippen LogP contribution in [-0.2, 0) is 21.2 Å². The summed E-state index contributed by atoms with van der Waals surface area (Å²) in [5.41, 5.74) is 1.59. The lowest BCUT2D eigenvalue weighted by atomic mass is 10.1. The zero-order valence-corrected chi connectivity index (χ0v) is 23.3. The van der Waals surface area contributed by atoms with Crippen molar-refractivity contribution in [2.24, 2.45) is 0 Å². The first kappa shape index (κ1) is 29.1. The topological polar surface area (TPSA) is 114 Å². The number of methoxy groups -OCH3 is 2. The van der Waals surface area contributed by atoms with Crippen molar-refractivity contribution in [3.05, 3.63) is 81.8 Å². The highest BCUT2D eigenvalue weighted by Gasteiger charge is 2.23. The second kappa shape index (κ2) is 12.9. The van der Waals surface area contributed by atoms with Crippen LogP contribution in [-0.4, -0.2) is 53.8 Å². The van der Waals surface area contributed by atoms with Crippen LogP contribution in [0.25, 0.3) is 0 Å². The summed E-state index contributed by atoms with van der Waals surface area (Å²) in [7, 11) is -0.729. The van der Waals surface area contributed by atoms with Gasteiger partial charge in [0.1, 0.15) is 6.54 Å². The smallest absolute Gasteiger partial charge is 0.253 e. The van der Waals surface area contributed by atoms with Crippen molar-refractivity contribution < 1.29 is 27.5 Å². The average molecular weight is 580 g/mol. The Labute approximate surface area is 231 Å². The Morgan fingerprint density at radius 1 is 0.921 bits per heavy atom. The molecule has 0 aliphatic heterocycles. The van der Waals surface area contributed by atoms with Crippen molar-refractivity contribution in [3.63, 3.8) is 0 Å². The molecule has 0 saturated carbocycles. The lowest BCUT2D eigenvalue weighted by Gasteiger charge is -2.22. The molecule has 2 amide bonds. The standard InChI is InChI=1S/C26H27Cl2N3O6S/c1-36-23-11-8-17(14-24(23)37-2)12-13-29-26(33)19-6-4-5-7-22(19)30-25(32)16-31(38(3,34)35)18-9-10-20(27)21(28)15-18/h4-11,14-15H,12-13,16H2,1-3H3,(H,29,33)(H,30,32). The minimum Gasteiger partial charge on any atom is -0.493 e. The first-order chi connectivity index (χ1) is 18.0. The molecule has 0 spiro atoms. The fourth-order valence-corrected chi connectivity index (χ4v) is 4.74. The zero-order chi connectivity index (χ0) is 27.9. The molecule has 0 atom stereocenters. The van der Waals surface area contributed by atoms with Gasteiger partial charge in [0, 0.05) is 6.54 Å². The van der Waals surface area contributed by atoms with Gasteiger partial charge in [-0.25, -0.2) is 8.42 Å². The lowest BCUT2D eigenvalue weighted by molar-refractivity contribution is -0.114. The van der Waals surface area contributed by atoms with Crippen LogP contribution >= 0.6 is 23.2 Å². The zero-order valence-electron chi connectivity index (χ0n) is 21.0. The maximum absolute atomic E-state index is 12.9. The number of amides is 2. The second-order valence-corrected chi connectivity index (χ2v) is 10.9. The number of rotatable bonds is 11. The molecule has 0 saturated heterocycles. The van der Waals surface area contributed by atoms with Crippen LogP contribution in [0.1, 0.15) is 15.9 Å². The van der Waals surface area contributed by atoms with E-state index in [-0.39, 0.29) is 27.0 Å². The fraction of sp³-hybridized carbons (Fsp3) is 0.231. The Hall–Kier alpha value is -3.47. The summed E-state index contributed by atoms with van der Waals surface area (Å²) in [5, 5.41) is 5.86. The average Bonchev–Trinajstić information content (AvgIpc) is 2.88. The van der Waals surface area contributed by atoms with Crippen molar-refractivity contribution in [2.45, 2.75) is 6.42 Å². The molecule has 3 aromatic rings. The number of benzene rings is 3. The van der Waals surface area contributed by atoms with Gasteiger partial charge in [-0.3, -0.25) is 13.9 Å². The molecule has 3 aromatic carbocycles. The van der Waals surface area contributed by atoms with Crippen LogP contribution in [0.4, 0.5) is 11.4 Å². The summed E-state index contributed by atoms with van der Waals surface area (Å²) in [4.78, 5) is 25.7. The third kappa shape index (κ3) is 7.53. The largest absolute Gasteiger partial charge is 0.493 e. The van der Waals surface area contributed by atoms with Gasteiger partial charge in [0.2, 0.25) is 15.9 Å². The molecule has 9 nitrogen and oxygen atoms in total. The molecule has 0 aromatic heterocycles. The molecule has 0 bridgehead atoms. The SMILES string of the molecule is COc1ccc(CCNC(=O)c2ccccc2NC(=O)CN(c2ccc(Cl)c(Cl)c2)S(C)(=O)=O)cc1OC. The van der Waals surface area contributed by atoms with Gasteiger partial charge in [0.15, 0.2) is 11.5 Å². The Kier molecular flexibility index (Phi) is 9.84. The Bertz CT molecular complexity index is 1430. The highest BCUT2D eigenvalue weighted by molar-refractivity contribution is 7.92. The molecule has 38 heavy (non-hydrogen) atoms. The van der Waals surface area contributed by atoms with Gasteiger partial charge < -0.3 is 20.1 Å². The van der Waals surface area contributed by atoms with Gasteiger partial charge in [0.05, 0.1) is 47.5 Å². The number of carbonyl (C=O) groups is 2. The van der Waals surface area contributed by atoms with E-state index < -0.39 is 28.4 Å². The van der Waals surface area contributed by atoms with Crippen LogP contribution in [0.5, 0.6) is 11.5 Å². The molecule has 0 aliphatic carbocycles. The van der Waals surface area contributed by atoms with E-state index in [4.69, 9.17) is 32.7 Å². The number of anilines is 2. The maximum atomic E-state index is 12.9. The number of hydrogen-bond acceptors (Lipinski definition) is 6. The summed E-state index contributed by atoms with van der Waals surface area (Å²) in [5.74, 6) is 0.157. The van der Waals surface area contributed by atoms with Crippen LogP contribution in [0.2, 0.25) is 10.0 Å². The fourth-order valence-electron chi connectivity index (χ4n) is 3.60. The molecule has 2 N–H and O–H groups in total. The minimum absolute atomic E-state index is 0.147. The predicted molar refractivity (Wildman–Crippen MR) is 149 cm³/mol. The van der Waals surface area contributed by atoms with E-state index >= 15 is 0 Å². The summed E-state index contributed by atoms with van der Waals surface area (Å²) in [6.45, 7) is -0.207. The number of sulfonamides is 1. The van der Waals surface area contributed by atoms with E-state index in [0.717, 1.165) is 16.1 Å². The number of nitrogens with one attached hydrogen (secondary N) is 2. The van der Waals surface area contributed by atoms with Gasteiger partial charge in [-0.1, -0.05) is 41.4 Å². The van der Waals surface area contributed by atoms with E-state index in [0.29, 0.717) is 24.5 Å². The summed E-state index contributed by atoms with van der Waals surface area (Å²) in [6.07, 6.45) is 1.51.